The Hall–Kier alpha value is -2.75. The number of aromatic amines is 1. The first-order chi connectivity index (χ1) is 9.62. The molecule has 20 heavy (non-hydrogen) atoms. The molecule has 6 nitrogen and oxygen atoms in total. The first kappa shape index (κ1) is 13.7. The lowest BCUT2D eigenvalue weighted by molar-refractivity contribution is 0.0512. The van der Waals surface area contributed by atoms with Crippen LogP contribution < -0.4 is 0 Å². The van der Waals surface area contributed by atoms with E-state index in [9.17, 15) is 9.18 Å². The molecule has 0 spiro atoms. The van der Waals surface area contributed by atoms with Crippen LogP contribution >= 0.6 is 0 Å². The number of hydrogen-bond acceptors (Lipinski definition) is 5. The van der Waals surface area contributed by atoms with Gasteiger partial charge in [-0.1, -0.05) is 0 Å². The van der Waals surface area contributed by atoms with Crippen molar-refractivity contribution in [1.29, 1.82) is 5.26 Å². The minimum atomic E-state index is -0.619. The average Bonchev–Trinajstić information content (AvgIpc) is 2.87. The van der Waals surface area contributed by atoms with Crippen molar-refractivity contribution in [3.63, 3.8) is 0 Å². The molecule has 0 aliphatic heterocycles. The number of nitrogens with one attached hydrogen (secondary N) is 1. The lowest BCUT2D eigenvalue weighted by Gasteiger charge is -1.99. The van der Waals surface area contributed by atoms with E-state index in [1.54, 1.807) is 13.0 Å². The van der Waals surface area contributed by atoms with Gasteiger partial charge >= 0.3 is 5.97 Å². The van der Waals surface area contributed by atoms with E-state index < -0.39 is 11.8 Å². The Bertz CT molecular complexity index is 675. The first-order valence-corrected chi connectivity index (χ1v) is 5.90. The third-order valence-electron chi connectivity index (χ3n) is 2.45. The zero-order valence-electron chi connectivity index (χ0n) is 10.7. The van der Waals surface area contributed by atoms with Gasteiger partial charge in [-0.2, -0.15) is 5.26 Å². The molecule has 1 heterocycles. The number of halogens is 1. The number of nitriles is 1. The SMILES string of the molecule is CCOC(=O)c1n[nH]c(Cc2cc(F)cc(C#N)c2)n1. The predicted octanol–water partition coefficient (Wildman–Crippen LogP) is 1.58. The molecule has 0 aliphatic rings. The summed E-state index contributed by atoms with van der Waals surface area (Å²) in [6, 6.07) is 5.87. The standard InChI is InChI=1S/C13H11FN4O2/c1-2-20-13(19)12-16-11(17-18-12)6-8-3-9(7-15)5-10(14)4-8/h3-5H,2,6H2,1H3,(H,16,17,18). The number of nitrogens with zero attached hydrogens (tertiary/aromatic N) is 3. The van der Waals surface area contributed by atoms with Crippen LogP contribution in [-0.2, 0) is 11.2 Å². The van der Waals surface area contributed by atoms with Gasteiger partial charge < -0.3 is 4.74 Å². The monoisotopic (exact) mass is 274 g/mol. The number of carbonyl (C=O) groups excluding carboxylic acids is 1. The number of aromatic nitrogens is 3. The Labute approximate surface area is 114 Å². The quantitative estimate of drug-likeness (QED) is 0.854. The molecule has 0 aliphatic carbocycles. The maximum atomic E-state index is 13.3. The molecule has 0 saturated carbocycles. The van der Waals surface area contributed by atoms with Crippen LogP contribution in [0.25, 0.3) is 0 Å². The molecule has 0 fully saturated rings. The van der Waals surface area contributed by atoms with Crippen LogP contribution in [-0.4, -0.2) is 27.8 Å². The molecule has 1 aromatic carbocycles. The van der Waals surface area contributed by atoms with Crippen molar-refractivity contribution < 1.29 is 13.9 Å². The highest BCUT2D eigenvalue weighted by Crippen LogP contribution is 2.11. The van der Waals surface area contributed by atoms with Gasteiger partial charge in [0.2, 0.25) is 0 Å². The lowest BCUT2D eigenvalue weighted by atomic mass is 10.1. The van der Waals surface area contributed by atoms with Crippen molar-refractivity contribution in [2.45, 2.75) is 13.3 Å². The predicted molar refractivity (Wildman–Crippen MR) is 66.3 cm³/mol. The van der Waals surface area contributed by atoms with E-state index in [1.165, 1.54) is 6.07 Å². The smallest absolute Gasteiger partial charge is 0.378 e. The van der Waals surface area contributed by atoms with Crippen molar-refractivity contribution in [3.05, 3.63) is 46.8 Å². The summed E-state index contributed by atoms with van der Waals surface area (Å²) in [5.41, 5.74) is 0.790. The van der Waals surface area contributed by atoms with Gasteiger partial charge in [0, 0.05) is 6.42 Å². The first-order valence-electron chi connectivity index (χ1n) is 5.90. The molecular weight excluding hydrogens is 263 g/mol. The second-order valence-corrected chi connectivity index (χ2v) is 3.96. The van der Waals surface area contributed by atoms with Gasteiger partial charge in [0.05, 0.1) is 18.2 Å². The van der Waals surface area contributed by atoms with Crippen molar-refractivity contribution >= 4 is 5.97 Å². The van der Waals surface area contributed by atoms with Gasteiger partial charge in [-0.05, 0) is 30.7 Å². The molecule has 7 heteroatoms. The molecule has 0 bridgehead atoms. The molecule has 0 unspecified atom stereocenters. The minimum Gasteiger partial charge on any atom is -0.460 e. The number of rotatable bonds is 4. The Morgan fingerprint density at radius 2 is 2.30 bits per heavy atom. The highest BCUT2D eigenvalue weighted by molar-refractivity contribution is 5.84. The fourth-order valence-corrected chi connectivity index (χ4v) is 1.67. The summed E-state index contributed by atoms with van der Waals surface area (Å²) < 4.78 is 18.0. The van der Waals surface area contributed by atoms with E-state index in [4.69, 9.17) is 10.00 Å². The molecule has 102 valence electrons. The third kappa shape index (κ3) is 3.17. The van der Waals surface area contributed by atoms with E-state index >= 15 is 0 Å². The van der Waals surface area contributed by atoms with Crippen LogP contribution in [0.2, 0.25) is 0 Å². The van der Waals surface area contributed by atoms with Crippen LogP contribution in [0.1, 0.15) is 34.5 Å². The van der Waals surface area contributed by atoms with Crippen molar-refractivity contribution in [1.82, 2.24) is 15.2 Å². The van der Waals surface area contributed by atoms with Gasteiger partial charge in [0.1, 0.15) is 11.6 Å². The summed E-state index contributed by atoms with van der Waals surface area (Å²) in [7, 11) is 0. The maximum Gasteiger partial charge on any atom is 0.378 e. The maximum absolute atomic E-state index is 13.3. The fourth-order valence-electron chi connectivity index (χ4n) is 1.67. The van der Waals surface area contributed by atoms with Gasteiger partial charge in [0.25, 0.3) is 5.82 Å². The number of carbonyl (C=O) groups is 1. The average molecular weight is 274 g/mol. The van der Waals surface area contributed by atoms with Crippen molar-refractivity contribution in [3.8, 4) is 6.07 Å². The van der Waals surface area contributed by atoms with E-state index in [0.717, 1.165) is 6.07 Å². The molecule has 0 radical (unpaired) electrons. The van der Waals surface area contributed by atoms with Gasteiger partial charge in [-0.25, -0.2) is 14.2 Å². The zero-order chi connectivity index (χ0) is 14.5. The fraction of sp³-hybridized carbons (Fsp3) is 0.231. The van der Waals surface area contributed by atoms with Crippen molar-refractivity contribution in [2.75, 3.05) is 6.61 Å². The van der Waals surface area contributed by atoms with Gasteiger partial charge in [-0.3, -0.25) is 5.10 Å². The summed E-state index contributed by atoms with van der Waals surface area (Å²) in [4.78, 5) is 15.4. The van der Waals surface area contributed by atoms with E-state index in [-0.39, 0.29) is 24.4 Å². The van der Waals surface area contributed by atoms with Crippen molar-refractivity contribution in [2.24, 2.45) is 0 Å². The summed E-state index contributed by atoms with van der Waals surface area (Å²) in [5.74, 6) is -0.794. The Kier molecular flexibility index (Phi) is 4.05. The topological polar surface area (TPSA) is 91.7 Å². The highest BCUT2D eigenvalue weighted by Gasteiger charge is 2.13. The molecular formula is C13H11FN4O2. The second-order valence-electron chi connectivity index (χ2n) is 3.96. The summed E-state index contributed by atoms with van der Waals surface area (Å²) in [6.07, 6.45) is 0.235. The van der Waals surface area contributed by atoms with E-state index in [1.807, 2.05) is 6.07 Å². The zero-order valence-corrected chi connectivity index (χ0v) is 10.7. The van der Waals surface area contributed by atoms with E-state index in [0.29, 0.717) is 11.4 Å². The van der Waals surface area contributed by atoms with Crippen LogP contribution in [0.4, 0.5) is 4.39 Å². The molecule has 0 amide bonds. The van der Waals surface area contributed by atoms with Gasteiger partial charge in [0.15, 0.2) is 0 Å². The van der Waals surface area contributed by atoms with Crippen LogP contribution in [0.5, 0.6) is 0 Å². The largest absolute Gasteiger partial charge is 0.460 e. The number of H-pyrrole nitrogens is 1. The Morgan fingerprint density at radius 1 is 1.50 bits per heavy atom. The van der Waals surface area contributed by atoms with Crippen LogP contribution in [0, 0.1) is 17.1 Å². The molecule has 0 atom stereocenters. The number of ether oxygens (including phenoxy) is 1. The summed E-state index contributed by atoms with van der Waals surface area (Å²) >= 11 is 0. The summed E-state index contributed by atoms with van der Waals surface area (Å²) in [5, 5.41) is 15.1. The number of esters is 1. The molecule has 2 aromatic rings. The van der Waals surface area contributed by atoms with Crippen LogP contribution in [0.15, 0.2) is 18.2 Å². The molecule has 1 N–H and O–H groups in total. The molecule has 2 rings (SSSR count). The lowest BCUT2D eigenvalue weighted by Crippen LogP contribution is -2.06. The minimum absolute atomic E-state index is 0.0706. The molecule has 0 saturated heterocycles. The highest BCUT2D eigenvalue weighted by atomic mass is 19.1. The van der Waals surface area contributed by atoms with E-state index in [2.05, 4.69) is 15.2 Å². The third-order valence-corrected chi connectivity index (χ3v) is 2.45. The number of benzene rings is 1. The Morgan fingerprint density at radius 3 is 3.00 bits per heavy atom. The van der Waals surface area contributed by atoms with Crippen LogP contribution in [0.3, 0.4) is 0 Å². The second kappa shape index (κ2) is 5.93. The van der Waals surface area contributed by atoms with Gasteiger partial charge in [-0.15, -0.1) is 5.10 Å². The normalized spacial score (nSPS) is 10.1. The Balaban J connectivity index is 2.17. The molecule has 1 aromatic heterocycles. The number of hydrogen-bond donors (Lipinski definition) is 1. The summed E-state index contributed by atoms with van der Waals surface area (Å²) in [6.45, 7) is 1.92.